The van der Waals surface area contributed by atoms with Crippen LogP contribution in [0.4, 0.5) is 0 Å². The maximum absolute atomic E-state index is 12.4. The van der Waals surface area contributed by atoms with Gasteiger partial charge >= 0.3 is 0 Å². The fraction of sp³-hybridized carbons (Fsp3) is 0.933. The lowest BCUT2D eigenvalue weighted by molar-refractivity contribution is -0.133. The highest BCUT2D eigenvalue weighted by Crippen LogP contribution is 2.27. The minimum Gasteiger partial charge on any atom is -0.339 e. The number of nitrogens with zero attached hydrogens (tertiary/aromatic N) is 2. The van der Waals surface area contributed by atoms with E-state index in [1.807, 2.05) is 0 Å². The van der Waals surface area contributed by atoms with Gasteiger partial charge in [0.1, 0.15) is 0 Å². The van der Waals surface area contributed by atoms with Gasteiger partial charge in [-0.05, 0) is 52.0 Å². The monoisotopic (exact) mass is 267 g/mol. The maximum atomic E-state index is 12.4. The summed E-state index contributed by atoms with van der Waals surface area (Å²) in [5, 5.41) is 0. The molecule has 2 rings (SSSR count). The molecule has 2 aliphatic carbocycles. The van der Waals surface area contributed by atoms with Gasteiger partial charge in [-0.1, -0.05) is 6.92 Å². The minimum atomic E-state index is 0.321. The van der Waals surface area contributed by atoms with Crippen LogP contribution in [0.15, 0.2) is 0 Å². The summed E-state index contributed by atoms with van der Waals surface area (Å²) in [6.45, 7) is 6.67. The molecule has 19 heavy (non-hydrogen) atoms. The predicted octanol–water partition coefficient (Wildman–Crippen LogP) is 1.59. The lowest BCUT2D eigenvalue weighted by Crippen LogP contribution is -2.47. The van der Waals surface area contributed by atoms with Crippen LogP contribution < -0.4 is 5.73 Å². The van der Waals surface area contributed by atoms with Crippen molar-refractivity contribution in [3.8, 4) is 0 Å². The van der Waals surface area contributed by atoms with E-state index >= 15 is 0 Å². The molecule has 4 heteroatoms. The molecule has 0 spiro atoms. The van der Waals surface area contributed by atoms with Crippen LogP contribution in [0.1, 0.15) is 52.4 Å². The second kappa shape index (κ2) is 6.71. The molecule has 0 bridgehead atoms. The molecule has 2 aliphatic rings. The van der Waals surface area contributed by atoms with Gasteiger partial charge in [0.15, 0.2) is 0 Å². The Hall–Kier alpha value is -0.610. The van der Waals surface area contributed by atoms with Crippen LogP contribution in [0.2, 0.25) is 0 Å². The normalized spacial score (nSPS) is 27.6. The molecule has 0 unspecified atom stereocenters. The molecule has 0 aliphatic heterocycles. The number of carbonyl (C=O) groups excluding carboxylic acids is 1. The van der Waals surface area contributed by atoms with Crippen molar-refractivity contribution in [3.05, 3.63) is 0 Å². The molecule has 110 valence electrons. The van der Waals surface area contributed by atoms with E-state index in [-0.39, 0.29) is 0 Å². The van der Waals surface area contributed by atoms with E-state index < -0.39 is 0 Å². The Morgan fingerprint density at radius 3 is 2.05 bits per heavy atom. The van der Waals surface area contributed by atoms with E-state index in [1.165, 1.54) is 12.8 Å². The zero-order chi connectivity index (χ0) is 13.8. The Morgan fingerprint density at radius 1 is 1.00 bits per heavy atom. The number of hydrogen-bond acceptors (Lipinski definition) is 3. The number of nitrogens with two attached hydrogens (primary N) is 1. The molecule has 0 saturated heterocycles. The molecule has 2 saturated carbocycles. The van der Waals surface area contributed by atoms with Gasteiger partial charge in [0.25, 0.3) is 0 Å². The van der Waals surface area contributed by atoms with Gasteiger partial charge in [-0.25, -0.2) is 0 Å². The minimum absolute atomic E-state index is 0.321. The van der Waals surface area contributed by atoms with Gasteiger partial charge < -0.3 is 10.6 Å². The smallest absolute Gasteiger partial charge is 0.236 e. The lowest BCUT2D eigenvalue weighted by atomic mass is 9.90. The standard InChI is InChI=1S/C15H29N3O/c1-3-17(13-7-5-12(16)6-8-13)11-15(19)18(4-2)14-9-10-14/h12-14H,3-11,16H2,1-2H3. The first-order valence-electron chi connectivity index (χ1n) is 7.94. The molecular formula is C15H29N3O. The van der Waals surface area contributed by atoms with Crippen molar-refractivity contribution in [2.24, 2.45) is 5.73 Å². The van der Waals surface area contributed by atoms with Crippen LogP contribution >= 0.6 is 0 Å². The molecule has 0 heterocycles. The molecule has 0 aromatic rings. The summed E-state index contributed by atoms with van der Waals surface area (Å²) in [6.07, 6.45) is 6.91. The van der Waals surface area contributed by atoms with Gasteiger partial charge in [0.2, 0.25) is 5.91 Å². The fourth-order valence-corrected chi connectivity index (χ4v) is 3.25. The SMILES string of the molecule is CCN(CC(=O)N(CC)C1CC1)C1CCC(N)CC1. The van der Waals surface area contributed by atoms with E-state index in [0.29, 0.717) is 30.6 Å². The van der Waals surface area contributed by atoms with Gasteiger partial charge in [-0.2, -0.15) is 0 Å². The Kier molecular flexibility index (Phi) is 5.22. The topological polar surface area (TPSA) is 49.6 Å². The molecule has 0 aromatic carbocycles. The largest absolute Gasteiger partial charge is 0.339 e. The van der Waals surface area contributed by atoms with Gasteiger partial charge in [-0.3, -0.25) is 9.69 Å². The van der Waals surface area contributed by atoms with Crippen molar-refractivity contribution in [1.82, 2.24) is 9.80 Å². The summed E-state index contributed by atoms with van der Waals surface area (Å²) < 4.78 is 0. The second-order valence-electron chi connectivity index (χ2n) is 6.04. The van der Waals surface area contributed by atoms with Gasteiger partial charge in [-0.15, -0.1) is 0 Å². The molecule has 0 aromatic heterocycles. The Labute approximate surface area is 117 Å². The van der Waals surface area contributed by atoms with Gasteiger partial charge in [0, 0.05) is 24.7 Å². The van der Waals surface area contributed by atoms with Gasteiger partial charge in [0.05, 0.1) is 6.54 Å². The van der Waals surface area contributed by atoms with Crippen molar-refractivity contribution < 1.29 is 4.79 Å². The highest BCUT2D eigenvalue weighted by Gasteiger charge is 2.33. The van der Waals surface area contributed by atoms with Crippen molar-refractivity contribution in [3.63, 3.8) is 0 Å². The van der Waals surface area contributed by atoms with Crippen LogP contribution in [-0.4, -0.2) is 53.5 Å². The van der Waals surface area contributed by atoms with E-state index in [9.17, 15) is 4.79 Å². The van der Waals surface area contributed by atoms with Crippen molar-refractivity contribution in [2.75, 3.05) is 19.6 Å². The highest BCUT2D eigenvalue weighted by atomic mass is 16.2. The van der Waals surface area contributed by atoms with Crippen molar-refractivity contribution in [1.29, 1.82) is 0 Å². The Morgan fingerprint density at radius 2 is 1.58 bits per heavy atom. The van der Waals surface area contributed by atoms with Crippen molar-refractivity contribution >= 4 is 5.91 Å². The summed E-state index contributed by atoms with van der Waals surface area (Å²) in [5.41, 5.74) is 5.96. The molecule has 2 N–H and O–H groups in total. The zero-order valence-electron chi connectivity index (χ0n) is 12.5. The zero-order valence-corrected chi connectivity index (χ0v) is 12.5. The first-order valence-corrected chi connectivity index (χ1v) is 7.94. The Bertz CT molecular complexity index is 296. The number of carbonyl (C=O) groups is 1. The van der Waals surface area contributed by atoms with E-state index in [2.05, 4.69) is 23.6 Å². The summed E-state index contributed by atoms with van der Waals surface area (Å²) in [6, 6.07) is 1.48. The van der Waals surface area contributed by atoms with E-state index in [0.717, 1.165) is 38.8 Å². The summed E-state index contributed by atoms with van der Waals surface area (Å²) in [4.78, 5) is 16.8. The molecule has 0 atom stereocenters. The quantitative estimate of drug-likeness (QED) is 0.795. The highest BCUT2D eigenvalue weighted by molar-refractivity contribution is 5.79. The summed E-state index contributed by atoms with van der Waals surface area (Å²) in [5.74, 6) is 0.321. The van der Waals surface area contributed by atoms with E-state index in [1.54, 1.807) is 0 Å². The third-order valence-corrected chi connectivity index (χ3v) is 4.65. The second-order valence-corrected chi connectivity index (χ2v) is 6.04. The molecule has 2 fully saturated rings. The molecule has 1 amide bonds. The molecular weight excluding hydrogens is 238 g/mol. The number of hydrogen-bond donors (Lipinski definition) is 1. The molecule has 4 nitrogen and oxygen atoms in total. The predicted molar refractivity (Wildman–Crippen MR) is 77.9 cm³/mol. The number of amides is 1. The third kappa shape index (κ3) is 3.93. The number of rotatable bonds is 6. The third-order valence-electron chi connectivity index (χ3n) is 4.65. The van der Waals surface area contributed by atoms with E-state index in [4.69, 9.17) is 5.73 Å². The van der Waals surface area contributed by atoms with Crippen LogP contribution in [0.25, 0.3) is 0 Å². The number of likely N-dealkylation sites (N-methyl/N-ethyl adjacent to an activating group) is 2. The fourth-order valence-electron chi connectivity index (χ4n) is 3.25. The summed E-state index contributed by atoms with van der Waals surface area (Å²) in [7, 11) is 0. The Balaban J connectivity index is 1.85. The molecule has 0 radical (unpaired) electrons. The first kappa shape index (κ1) is 14.8. The average molecular weight is 267 g/mol. The van der Waals surface area contributed by atoms with Crippen LogP contribution in [0.5, 0.6) is 0 Å². The first-order chi connectivity index (χ1) is 9.15. The van der Waals surface area contributed by atoms with Crippen molar-refractivity contribution in [2.45, 2.75) is 70.5 Å². The summed E-state index contributed by atoms with van der Waals surface area (Å²) >= 11 is 0. The van der Waals surface area contributed by atoms with Crippen LogP contribution in [0, 0.1) is 0 Å². The van der Waals surface area contributed by atoms with Crippen LogP contribution in [0.3, 0.4) is 0 Å². The average Bonchev–Trinajstić information content (AvgIpc) is 3.22. The van der Waals surface area contributed by atoms with Crippen LogP contribution in [-0.2, 0) is 4.79 Å². The lowest BCUT2D eigenvalue weighted by Gasteiger charge is -2.36. The maximum Gasteiger partial charge on any atom is 0.236 e.